The van der Waals surface area contributed by atoms with Gasteiger partial charge in [-0.05, 0) is 112 Å². The van der Waals surface area contributed by atoms with E-state index in [0.717, 1.165) is 124 Å². The van der Waals surface area contributed by atoms with Crippen molar-refractivity contribution in [1.82, 2.24) is 24.3 Å². The summed E-state index contributed by atoms with van der Waals surface area (Å²) < 4.78 is 25.4. The summed E-state index contributed by atoms with van der Waals surface area (Å²) in [6, 6.07) is 19.8. The summed E-state index contributed by atoms with van der Waals surface area (Å²) in [6.45, 7) is 26.2. The summed E-state index contributed by atoms with van der Waals surface area (Å²) in [5, 5.41) is 1.74. The van der Waals surface area contributed by atoms with Crippen LogP contribution < -0.4 is 14.5 Å². The third kappa shape index (κ3) is 12.2. The molecular formula is C52H72ClN7O6Si. The molecule has 0 spiro atoms. The third-order valence-electron chi connectivity index (χ3n) is 13.7. The topological polar surface area (TPSA) is 105 Å². The number of halogens is 1. The molecule has 15 heteroatoms. The number of nitrogens with zero attached hydrogens (tertiary/aromatic N) is 7. The molecule has 4 aromatic rings. The standard InChI is InChI=1S/C52H72ClN7O6Si/c1-51(2,3)66-50(62)58-27-23-56(24-28-58)36-52(4)18-16-40(44(34-52)38-10-12-41(53)13-11-38)35-55-21-25-57(26-22-55)42-14-15-43(49(61)63-5)45(33-42)60-19-9-29-65-48-46(60)32-39-17-20-59(47(39)54-48)37-64-30-31-67(6,7)8/h10-15,17,20,32-33H,9,16,18-19,21-31,34-37H2,1-8H3. The number of pyridine rings is 1. The minimum absolute atomic E-state index is 0.105. The molecule has 1 atom stereocenters. The van der Waals surface area contributed by atoms with E-state index in [1.165, 1.54) is 23.8 Å². The third-order valence-corrected chi connectivity index (χ3v) is 15.6. The second-order valence-corrected chi connectivity index (χ2v) is 27.5. The molecule has 1 unspecified atom stereocenters. The summed E-state index contributed by atoms with van der Waals surface area (Å²) in [5.41, 5.74) is 7.86. The van der Waals surface area contributed by atoms with Crippen molar-refractivity contribution in [3.05, 3.63) is 82.5 Å². The second-order valence-electron chi connectivity index (χ2n) is 21.5. The van der Waals surface area contributed by atoms with Gasteiger partial charge in [0, 0.05) is 109 Å². The van der Waals surface area contributed by atoms with Crippen LogP contribution >= 0.6 is 11.6 Å². The molecule has 8 rings (SSSR count). The van der Waals surface area contributed by atoms with Crippen molar-refractivity contribution in [2.45, 2.75) is 91.4 Å². The lowest BCUT2D eigenvalue weighted by Gasteiger charge is -2.44. The Hall–Kier alpha value is -4.60. The fourth-order valence-corrected chi connectivity index (χ4v) is 10.8. The summed E-state index contributed by atoms with van der Waals surface area (Å²) in [5.74, 6) is 0.179. The summed E-state index contributed by atoms with van der Waals surface area (Å²) in [7, 11) is 0.240. The number of hydrogen-bond donors (Lipinski definition) is 0. The van der Waals surface area contributed by atoms with Crippen LogP contribution in [0.3, 0.4) is 0 Å². The summed E-state index contributed by atoms with van der Waals surface area (Å²) in [4.78, 5) is 42.8. The monoisotopic (exact) mass is 954 g/mol. The Bertz CT molecular complexity index is 2410. The van der Waals surface area contributed by atoms with Crippen molar-refractivity contribution in [3.63, 3.8) is 0 Å². The van der Waals surface area contributed by atoms with Crippen molar-refractivity contribution in [2.24, 2.45) is 5.41 Å². The molecule has 2 aromatic carbocycles. The summed E-state index contributed by atoms with van der Waals surface area (Å²) in [6.07, 6.45) is 5.73. The molecule has 0 N–H and O–H groups in total. The van der Waals surface area contributed by atoms with Gasteiger partial charge in [-0.2, -0.15) is 4.98 Å². The number of aromatic nitrogens is 2. The van der Waals surface area contributed by atoms with Crippen molar-refractivity contribution in [3.8, 4) is 5.88 Å². The number of ether oxygens (including phenoxy) is 4. The van der Waals surface area contributed by atoms with Gasteiger partial charge in [0.2, 0.25) is 5.88 Å². The average molecular weight is 955 g/mol. The first-order valence-electron chi connectivity index (χ1n) is 24.3. The van der Waals surface area contributed by atoms with E-state index in [-0.39, 0.29) is 17.5 Å². The lowest BCUT2D eigenvalue weighted by atomic mass is 9.70. The highest BCUT2D eigenvalue weighted by Gasteiger charge is 2.36. The van der Waals surface area contributed by atoms with E-state index >= 15 is 0 Å². The summed E-state index contributed by atoms with van der Waals surface area (Å²) >= 11 is 6.42. The number of amides is 1. The van der Waals surface area contributed by atoms with Crippen molar-refractivity contribution in [2.75, 3.05) is 102 Å². The largest absolute Gasteiger partial charge is 0.476 e. The van der Waals surface area contributed by atoms with Gasteiger partial charge in [0.05, 0.1) is 25.0 Å². The molecule has 362 valence electrons. The maximum atomic E-state index is 13.4. The van der Waals surface area contributed by atoms with Gasteiger partial charge in [-0.3, -0.25) is 9.80 Å². The number of methoxy groups -OCH3 is 1. The Morgan fingerprint density at radius 3 is 2.33 bits per heavy atom. The molecule has 2 fully saturated rings. The maximum Gasteiger partial charge on any atom is 0.410 e. The zero-order chi connectivity index (χ0) is 47.5. The van der Waals surface area contributed by atoms with Crippen LogP contribution in [0.15, 0.2) is 66.4 Å². The lowest BCUT2D eigenvalue weighted by molar-refractivity contribution is 0.0106. The van der Waals surface area contributed by atoms with Crippen LogP contribution in [0.2, 0.25) is 30.7 Å². The van der Waals surface area contributed by atoms with E-state index in [2.05, 4.69) is 82.6 Å². The van der Waals surface area contributed by atoms with Crippen LogP contribution in [0.5, 0.6) is 5.88 Å². The number of hydrogen-bond acceptors (Lipinski definition) is 11. The molecule has 1 amide bonds. The van der Waals surface area contributed by atoms with Gasteiger partial charge < -0.3 is 38.2 Å². The molecule has 0 radical (unpaired) electrons. The zero-order valence-electron chi connectivity index (χ0n) is 41.2. The lowest BCUT2D eigenvalue weighted by Crippen LogP contribution is -2.52. The van der Waals surface area contributed by atoms with Crippen LogP contribution in [0, 0.1) is 5.41 Å². The first kappa shape index (κ1) is 48.8. The molecule has 2 saturated heterocycles. The number of rotatable bonds is 13. The molecule has 1 aliphatic carbocycles. The van der Waals surface area contributed by atoms with Crippen molar-refractivity contribution in [1.29, 1.82) is 0 Å². The number of piperazine rings is 2. The number of esters is 1. The predicted octanol–water partition coefficient (Wildman–Crippen LogP) is 10.0. The molecule has 2 aromatic heterocycles. The van der Waals surface area contributed by atoms with Gasteiger partial charge in [0.15, 0.2) is 0 Å². The fraction of sp³-hybridized carbons (Fsp3) is 0.558. The molecular weight excluding hydrogens is 882 g/mol. The Labute approximate surface area is 403 Å². The maximum absolute atomic E-state index is 13.4. The molecule has 0 saturated carbocycles. The van der Waals surface area contributed by atoms with Gasteiger partial charge in [-0.15, -0.1) is 0 Å². The van der Waals surface area contributed by atoms with Crippen LogP contribution in [-0.4, -0.2) is 142 Å². The van der Waals surface area contributed by atoms with E-state index in [4.69, 9.17) is 35.5 Å². The molecule has 3 aliphatic heterocycles. The Morgan fingerprint density at radius 1 is 0.896 bits per heavy atom. The number of carbonyl (C=O) groups excluding carboxylic acids is 2. The van der Waals surface area contributed by atoms with Gasteiger partial charge in [0.25, 0.3) is 0 Å². The molecule has 5 heterocycles. The van der Waals surface area contributed by atoms with Gasteiger partial charge in [-0.25, -0.2) is 9.59 Å². The highest BCUT2D eigenvalue weighted by molar-refractivity contribution is 6.76. The SMILES string of the molecule is COC(=O)c1ccc(N2CCN(CC3=C(c4ccc(Cl)cc4)CC(C)(CN4CCN(C(=O)OC(C)(C)C)CC4)CC3)CC2)cc1N1CCCOc2nc3c(ccn3COCC[Si](C)(C)C)cc21. The van der Waals surface area contributed by atoms with E-state index in [1.807, 2.05) is 54.6 Å². The number of carbonyl (C=O) groups is 2. The van der Waals surface area contributed by atoms with E-state index in [9.17, 15) is 9.59 Å². The molecule has 4 aliphatic rings. The number of allylic oxidation sites excluding steroid dienone is 1. The van der Waals surface area contributed by atoms with Gasteiger partial charge in [-0.1, -0.05) is 55.9 Å². The average Bonchev–Trinajstić information content (AvgIpc) is 3.56. The highest BCUT2D eigenvalue weighted by Crippen LogP contribution is 2.45. The number of anilines is 3. The highest BCUT2D eigenvalue weighted by atomic mass is 35.5. The number of fused-ring (bicyclic) bond motifs is 2. The predicted molar refractivity (Wildman–Crippen MR) is 272 cm³/mol. The Balaban J connectivity index is 0.960. The van der Waals surface area contributed by atoms with Crippen LogP contribution in [0.4, 0.5) is 21.9 Å². The molecule has 0 bridgehead atoms. The van der Waals surface area contributed by atoms with E-state index in [1.54, 1.807) is 0 Å². The van der Waals surface area contributed by atoms with Gasteiger partial charge in [0.1, 0.15) is 23.7 Å². The normalized spacial score (nSPS) is 20.2. The van der Waals surface area contributed by atoms with Gasteiger partial charge >= 0.3 is 12.1 Å². The van der Waals surface area contributed by atoms with Crippen LogP contribution in [0.25, 0.3) is 16.6 Å². The smallest absolute Gasteiger partial charge is 0.410 e. The molecule has 67 heavy (non-hydrogen) atoms. The van der Waals surface area contributed by atoms with Crippen molar-refractivity contribution >= 4 is 65.4 Å². The first-order valence-corrected chi connectivity index (χ1v) is 28.4. The van der Waals surface area contributed by atoms with Crippen molar-refractivity contribution < 1.29 is 28.5 Å². The Kier molecular flexibility index (Phi) is 15.0. The quantitative estimate of drug-likeness (QED) is 0.0727. The second kappa shape index (κ2) is 20.5. The Morgan fingerprint density at radius 2 is 1.63 bits per heavy atom. The van der Waals surface area contributed by atoms with Crippen LogP contribution in [-0.2, 0) is 20.9 Å². The minimum atomic E-state index is -1.20. The fourth-order valence-electron chi connectivity index (χ4n) is 9.91. The van der Waals surface area contributed by atoms with E-state index in [0.29, 0.717) is 44.4 Å². The number of benzene rings is 2. The van der Waals surface area contributed by atoms with E-state index < -0.39 is 13.7 Å². The van der Waals surface area contributed by atoms with Crippen LogP contribution in [0.1, 0.15) is 69.3 Å². The zero-order valence-corrected chi connectivity index (χ0v) is 42.9. The molecule has 13 nitrogen and oxygen atoms in total. The minimum Gasteiger partial charge on any atom is -0.476 e. The first-order chi connectivity index (χ1) is 31.9.